The van der Waals surface area contributed by atoms with E-state index in [-0.39, 0.29) is 12.3 Å². The Morgan fingerprint density at radius 2 is 2.16 bits per heavy atom. The number of carbonyl (C=O) groups excluding carboxylic acids is 3. The molecule has 0 radical (unpaired) electrons. The number of hydrogen-bond donors (Lipinski definition) is 3. The Bertz CT molecular complexity index is 831. The Balaban J connectivity index is 1.56. The van der Waals surface area contributed by atoms with Crippen LogP contribution in [0.5, 0.6) is 5.75 Å². The zero-order chi connectivity index (χ0) is 18.0. The van der Waals surface area contributed by atoms with Crippen LogP contribution < -0.4 is 15.4 Å². The minimum absolute atomic E-state index is 0.0641. The molecule has 0 saturated carbocycles. The van der Waals surface area contributed by atoms with Crippen molar-refractivity contribution in [2.75, 3.05) is 20.7 Å². The van der Waals surface area contributed by atoms with Gasteiger partial charge in [0.15, 0.2) is 0 Å². The molecule has 1 aromatic heterocycles. The molecule has 25 heavy (non-hydrogen) atoms. The van der Waals surface area contributed by atoms with Crippen molar-refractivity contribution in [2.24, 2.45) is 0 Å². The Kier molecular flexibility index (Phi) is 4.55. The molecule has 0 aliphatic carbocycles. The van der Waals surface area contributed by atoms with Gasteiger partial charge in [-0.15, -0.1) is 0 Å². The molecular weight excluding hydrogens is 326 g/mol. The topological polar surface area (TPSA) is 116 Å². The molecule has 2 heterocycles. The molecule has 1 fully saturated rings. The van der Waals surface area contributed by atoms with E-state index in [4.69, 9.17) is 4.74 Å². The number of nitrogens with zero attached hydrogens (tertiary/aromatic N) is 2. The number of ether oxygens (including phenoxy) is 1. The maximum Gasteiger partial charge on any atom is 0.322 e. The van der Waals surface area contributed by atoms with Crippen molar-refractivity contribution in [1.82, 2.24) is 25.5 Å². The van der Waals surface area contributed by atoms with Crippen LogP contribution in [-0.4, -0.2) is 59.5 Å². The minimum Gasteiger partial charge on any atom is -0.497 e. The van der Waals surface area contributed by atoms with E-state index in [1.807, 2.05) is 18.2 Å². The third-order valence-electron chi connectivity index (χ3n) is 4.09. The molecule has 1 aliphatic rings. The number of imide groups is 1. The van der Waals surface area contributed by atoms with Crippen LogP contribution in [-0.2, 0) is 16.0 Å². The van der Waals surface area contributed by atoms with Crippen LogP contribution in [0.1, 0.15) is 12.2 Å². The Labute approximate surface area is 143 Å². The van der Waals surface area contributed by atoms with E-state index in [9.17, 15) is 14.4 Å². The Hall–Kier alpha value is -3.10. The maximum atomic E-state index is 12.2. The highest BCUT2D eigenvalue weighted by Gasteiger charge is 2.32. The normalized spacial score (nSPS) is 16.6. The number of fused-ring (bicyclic) bond motifs is 1. The molecule has 3 rings (SSSR count). The van der Waals surface area contributed by atoms with Gasteiger partial charge in [-0.1, -0.05) is 0 Å². The average Bonchev–Trinajstić information content (AvgIpc) is 3.13. The van der Waals surface area contributed by atoms with Crippen molar-refractivity contribution < 1.29 is 19.1 Å². The predicted molar refractivity (Wildman–Crippen MR) is 89.1 cm³/mol. The van der Waals surface area contributed by atoms with Crippen LogP contribution in [0, 0.1) is 0 Å². The predicted octanol–water partition coefficient (Wildman–Crippen LogP) is 0.171. The number of imidazole rings is 1. The maximum absolute atomic E-state index is 12.2. The van der Waals surface area contributed by atoms with E-state index in [1.54, 1.807) is 14.2 Å². The van der Waals surface area contributed by atoms with Gasteiger partial charge in [0.05, 0.1) is 24.6 Å². The molecule has 9 heteroatoms. The van der Waals surface area contributed by atoms with Crippen molar-refractivity contribution in [2.45, 2.75) is 18.9 Å². The van der Waals surface area contributed by atoms with Gasteiger partial charge in [-0.2, -0.15) is 0 Å². The molecule has 0 bridgehead atoms. The van der Waals surface area contributed by atoms with Crippen LogP contribution in [0.15, 0.2) is 18.2 Å². The highest BCUT2D eigenvalue weighted by Crippen LogP contribution is 2.18. The van der Waals surface area contributed by atoms with E-state index >= 15 is 0 Å². The fraction of sp³-hybridized carbons (Fsp3) is 0.375. The SMILES string of the molecule is COc1ccc2nc(CCN(C)C(=O)CC3NC(=O)NC3=O)[nH]c2c1. The van der Waals surface area contributed by atoms with Gasteiger partial charge in [0.25, 0.3) is 5.91 Å². The number of likely N-dealkylation sites (N-methyl/N-ethyl adjacent to an activating group) is 1. The molecule has 1 saturated heterocycles. The molecule has 1 atom stereocenters. The summed E-state index contributed by atoms with van der Waals surface area (Å²) < 4.78 is 5.18. The number of urea groups is 1. The number of nitrogens with one attached hydrogen (secondary N) is 3. The minimum atomic E-state index is -0.805. The second kappa shape index (κ2) is 6.80. The summed E-state index contributed by atoms with van der Waals surface area (Å²) in [6, 6.07) is 4.19. The largest absolute Gasteiger partial charge is 0.497 e. The van der Waals surface area contributed by atoms with Crippen molar-refractivity contribution in [1.29, 1.82) is 0 Å². The number of amides is 4. The molecule has 1 aromatic carbocycles. The first kappa shape index (κ1) is 16.7. The molecule has 3 N–H and O–H groups in total. The standard InChI is InChI=1S/C16H19N5O4/c1-21(14(22)8-12-15(23)20-16(24)19-12)6-5-13-17-10-4-3-9(25-2)7-11(10)18-13/h3-4,7,12H,5-6,8H2,1-2H3,(H,17,18)(H2,19,20,23,24). The van der Waals surface area contributed by atoms with E-state index in [2.05, 4.69) is 20.6 Å². The second-order valence-corrected chi connectivity index (χ2v) is 5.85. The first-order valence-electron chi connectivity index (χ1n) is 7.84. The highest BCUT2D eigenvalue weighted by molar-refractivity contribution is 6.05. The summed E-state index contributed by atoms with van der Waals surface area (Å²) in [5.74, 6) is 0.805. The van der Waals surface area contributed by atoms with Crippen molar-refractivity contribution in [3.05, 3.63) is 24.0 Å². The lowest BCUT2D eigenvalue weighted by molar-refractivity contribution is -0.132. The molecule has 9 nitrogen and oxygen atoms in total. The number of hydrogen-bond acceptors (Lipinski definition) is 5. The summed E-state index contributed by atoms with van der Waals surface area (Å²) in [4.78, 5) is 43.9. The molecular formula is C16H19N5O4. The Morgan fingerprint density at radius 3 is 2.84 bits per heavy atom. The first-order valence-corrected chi connectivity index (χ1v) is 7.84. The summed E-state index contributed by atoms with van der Waals surface area (Å²) in [6.45, 7) is 0.443. The van der Waals surface area contributed by atoms with Gasteiger partial charge < -0.3 is 19.9 Å². The molecule has 132 valence electrons. The zero-order valence-corrected chi connectivity index (χ0v) is 14.0. The Morgan fingerprint density at radius 1 is 1.36 bits per heavy atom. The van der Waals surface area contributed by atoms with Gasteiger partial charge in [-0.3, -0.25) is 14.9 Å². The van der Waals surface area contributed by atoms with Gasteiger partial charge in [0, 0.05) is 26.1 Å². The molecule has 0 spiro atoms. The lowest BCUT2D eigenvalue weighted by Gasteiger charge is -2.17. The fourth-order valence-electron chi connectivity index (χ4n) is 2.62. The number of methoxy groups -OCH3 is 1. The number of aromatic nitrogens is 2. The van der Waals surface area contributed by atoms with Gasteiger partial charge >= 0.3 is 6.03 Å². The number of H-pyrrole nitrogens is 1. The number of carbonyl (C=O) groups is 3. The van der Waals surface area contributed by atoms with E-state index in [1.165, 1.54) is 4.90 Å². The summed E-state index contributed by atoms with van der Waals surface area (Å²) in [5.41, 5.74) is 1.70. The second-order valence-electron chi connectivity index (χ2n) is 5.85. The fourth-order valence-corrected chi connectivity index (χ4v) is 2.62. The summed E-state index contributed by atoms with van der Waals surface area (Å²) in [5, 5.41) is 4.52. The third kappa shape index (κ3) is 3.70. The summed E-state index contributed by atoms with van der Waals surface area (Å²) in [6.07, 6.45) is 0.480. The van der Waals surface area contributed by atoms with Crippen molar-refractivity contribution in [3.8, 4) is 5.75 Å². The van der Waals surface area contributed by atoms with Crippen molar-refractivity contribution >= 4 is 28.9 Å². The highest BCUT2D eigenvalue weighted by atomic mass is 16.5. The summed E-state index contributed by atoms with van der Waals surface area (Å²) >= 11 is 0. The van der Waals surface area contributed by atoms with Crippen LogP contribution in [0.3, 0.4) is 0 Å². The molecule has 1 unspecified atom stereocenters. The van der Waals surface area contributed by atoms with Gasteiger partial charge in [-0.05, 0) is 12.1 Å². The van der Waals surface area contributed by atoms with E-state index in [0.717, 1.165) is 22.6 Å². The first-order chi connectivity index (χ1) is 12.0. The van der Waals surface area contributed by atoms with Crippen LogP contribution in [0.25, 0.3) is 11.0 Å². The van der Waals surface area contributed by atoms with E-state index in [0.29, 0.717) is 13.0 Å². The molecule has 2 aromatic rings. The number of benzene rings is 1. The lowest BCUT2D eigenvalue weighted by atomic mass is 10.2. The van der Waals surface area contributed by atoms with Crippen LogP contribution in [0.4, 0.5) is 4.79 Å². The van der Waals surface area contributed by atoms with Gasteiger partial charge in [-0.25, -0.2) is 9.78 Å². The van der Waals surface area contributed by atoms with Gasteiger partial charge in [0.2, 0.25) is 5.91 Å². The molecule has 1 aliphatic heterocycles. The quantitative estimate of drug-likeness (QED) is 0.645. The number of rotatable bonds is 6. The zero-order valence-electron chi connectivity index (χ0n) is 14.0. The van der Waals surface area contributed by atoms with Crippen molar-refractivity contribution in [3.63, 3.8) is 0 Å². The molecule has 4 amide bonds. The van der Waals surface area contributed by atoms with E-state index < -0.39 is 18.0 Å². The van der Waals surface area contributed by atoms with Crippen LogP contribution >= 0.6 is 0 Å². The van der Waals surface area contributed by atoms with Crippen LogP contribution in [0.2, 0.25) is 0 Å². The third-order valence-corrected chi connectivity index (χ3v) is 4.09. The lowest BCUT2D eigenvalue weighted by Crippen LogP contribution is -2.37. The summed E-state index contributed by atoms with van der Waals surface area (Å²) in [7, 11) is 3.26. The number of aromatic amines is 1. The smallest absolute Gasteiger partial charge is 0.322 e. The van der Waals surface area contributed by atoms with Gasteiger partial charge in [0.1, 0.15) is 17.6 Å². The average molecular weight is 345 g/mol. The monoisotopic (exact) mass is 345 g/mol.